The van der Waals surface area contributed by atoms with E-state index in [4.69, 9.17) is 4.74 Å². The van der Waals surface area contributed by atoms with Gasteiger partial charge in [-0.25, -0.2) is 4.39 Å². The van der Waals surface area contributed by atoms with Crippen molar-refractivity contribution in [2.75, 3.05) is 20.6 Å². The number of fused-ring (bicyclic) bond motifs is 1. The van der Waals surface area contributed by atoms with Gasteiger partial charge in [-0.3, -0.25) is 0 Å². The summed E-state index contributed by atoms with van der Waals surface area (Å²) in [5, 5.41) is 2.06. The molecule has 0 saturated carbocycles. The quantitative estimate of drug-likeness (QED) is 0.615. The van der Waals surface area contributed by atoms with Gasteiger partial charge in [0, 0.05) is 18.0 Å². The molecule has 2 aromatic carbocycles. The predicted octanol–water partition coefficient (Wildman–Crippen LogP) is 5.38. The molecule has 0 saturated heterocycles. The fourth-order valence-corrected chi connectivity index (χ4v) is 4.20. The van der Waals surface area contributed by atoms with Crippen LogP contribution in [-0.4, -0.2) is 25.5 Å². The molecule has 4 rings (SSSR count). The second-order valence-electron chi connectivity index (χ2n) is 6.69. The summed E-state index contributed by atoms with van der Waals surface area (Å²) in [6, 6.07) is 19.1. The molecule has 1 aliphatic heterocycles. The van der Waals surface area contributed by atoms with Gasteiger partial charge >= 0.3 is 0 Å². The first-order valence-electron chi connectivity index (χ1n) is 8.57. The monoisotopic (exact) mass is 365 g/mol. The number of likely N-dealkylation sites (N-methyl/N-ethyl adjacent to an activating group) is 1. The first-order valence-corrected chi connectivity index (χ1v) is 9.45. The maximum atomic E-state index is 13.5. The lowest BCUT2D eigenvalue weighted by molar-refractivity contribution is 0.415. The molecule has 3 aromatic rings. The summed E-state index contributed by atoms with van der Waals surface area (Å²) in [4.78, 5) is 3.26. The number of hydrogen-bond acceptors (Lipinski definition) is 3. The van der Waals surface area contributed by atoms with Crippen molar-refractivity contribution in [3.05, 3.63) is 93.4 Å². The Kier molecular flexibility index (Phi) is 4.62. The van der Waals surface area contributed by atoms with E-state index in [0.717, 1.165) is 34.1 Å². The lowest BCUT2D eigenvalue weighted by Gasteiger charge is -2.32. The minimum absolute atomic E-state index is 0.0417. The molecule has 0 unspecified atom stereocenters. The second kappa shape index (κ2) is 7.06. The molecule has 0 radical (unpaired) electrons. The van der Waals surface area contributed by atoms with Crippen LogP contribution in [0.2, 0.25) is 0 Å². The number of ether oxygens (including phenoxy) is 1. The van der Waals surface area contributed by atoms with Gasteiger partial charge < -0.3 is 9.64 Å². The van der Waals surface area contributed by atoms with Crippen LogP contribution in [0.3, 0.4) is 0 Å². The van der Waals surface area contributed by atoms with Gasteiger partial charge in [-0.1, -0.05) is 36.4 Å². The molecule has 1 aromatic heterocycles. The summed E-state index contributed by atoms with van der Waals surface area (Å²) in [5.74, 6) is 1.61. The standard InChI is InChI=1S/C22H20FNOS/c1-24(2)14-18-21(15-9-11-16(23)12-10-15)17-6-3-4-7-19(17)25-22(18)20-8-5-13-26-20/h3-13,21H,14H2,1-2H3/t21-/m0/s1. The Morgan fingerprint density at radius 3 is 2.46 bits per heavy atom. The third-order valence-corrected chi connectivity index (χ3v) is 5.39. The molecule has 0 bridgehead atoms. The molecule has 132 valence electrons. The largest absolute Gasteiger partial charge is 0.456 e. The van der Waals surface area contributed by atoms with E-state index in [-0.39, 0.29) is 11.7 Å². The minimum atomic E-state index is -0.217. The Bertz CT molecular complexity index is 929. The van der Waals surface area contributed by atoms with Gasteiger partial charge in [0.15, 0.2) is 0 Å². The van der Waals surface area contributed by atoms with Crippen LogP contribution >= 0.6 is 11.3 Å². The smallest absolute Gasteiger partial charge is 0.146 e. The van der Waals surface area contributed by atoms with Crippen LogP contribution in [0.5, 0.6) is 5.75 Å². The van der Waals surface area contributed by atoms with Gasteiger partial charge in [0.05, 0.1) is 4.88 Å². The van der Waals surface area contributed by atoms with E-state index in [1.807, 2.05) is 36.4 Å². The fourth-order valence-electron chi connectivity index (χ4n) is 3.46. The van der Waals surface area contributed by atoms with Crippen LogP contribution in [-0.2, 0) is 0 Å². The maximum Gasteiger partial charge on any atom is 0.146 e. The summed E-state index contributed by atoms with van der Waals surface area (Å²) in [6.45, 7) is 0.767. The summed E-state index contributed by atoms with van der Waals surface area (Å²) in [7, 11) is 4.11. The van der Waals surface area contributed by atoms with E-state index in [9.17, 15) is 4.39 Å². The summed E-state index contributed by atoms with van der Waals surface area (Å²) in [5.41, 5.74) is 3.40. The van der Waals surface area contributed by atoms with Crippen molar-refractivity contribution in [2.45, 2.75) is 5.92 Å². The van der Waals surface area contributed by atoms with Crippen LogP contribution < -0.4 is 4.74 Å². The summed E-state index contributed by atoms with van der Waals surface area (Å²) < 4.78 is 19.9. The number of benzene rings is 2. The van der Waals surface area contributed by atoms with Crippen molar-refractivity contribution in [2.24, 2.45) is 0 Å². The van der Waals surface area contributed by atoms with Crippen molar-refractivity contribution < 1.29 is 9.13 Å². The molecule has 0 amide bonds. The van der Waals surface area contributed by atoms with E-state index >= 15 is 0 Å². The molecule has 26 heavy (non-hydrogen) atoms. The van der Waals surface area contributed by atoms with E-state index in [2.05, 4.69) is 36.5 Å². The van der Waals surface area contributed by atoms with Gasteiger partial charge in [0.25, 0.3) is 0 Å². The van der Waals surface area contributed by atoms with E-state index < -0.39 is 0 Å². The van der Waals surface area contributed by atoms with Gasteiger partial charge in [-0.2, -0.15) is 0 Å². The van der Waals surface area contributed by atoms with Gasteiger partial charge in [-0.15, -0.1) is 11.3 Å². The highest BCUT2D eigenvalue weighted by atomic mass is 32.1. The first-order chi connectivity index (χ1) is 12.6. The Balaban J connectivity index is 1.94. The zero-order chi connectivity index (χ0) is 18.1. The molecule has 2 heterocycles. The Hall–Kier alpha value is -2.43. The molecule has 1 atom stereocenters. The van der Waals surface area contributed by atoms with Crippen LogP contribution in [0.25, 0.3) is 5.76 Å². The number of para-hydroxylation sites is 1. The molecule has 2 nitrogen and oxygen atoms in total. The Morgan fingerprint density at radius 1 is 1.00 bits per heavy atom. The number of nitrogens with zero attached hydrogens (tertiary/aromatic N) is 1. The predicted molar refractivity (Wildman–Crippen MR) is 105 cm³/mol. The van der Waals surface area contributed by atoms with Crippen LogP contribution in [0.15, 0.2) is 71.6 Å². The van der Waals surface area contributed by atoms with Crippen LogP contribution in [0, 0.1) is 5.82 Å². The van der Waals surface area contributed by atoms with Crippen LogP contribution in [0.4, 0.5) is 4.39 Å². The van der Waals surface area contributed by atoms with Crippen molar-refractivity contribution in [3.8, 4) is 5.75 Å². The lowest BCUT2D eigenvalue weighted by atomic mass is 9.81. The highest BCUT2D eigenvalue weighted by Gasteiger charge is 2.32. The highest BCUT2D eigenvalue weighted by molar-refractivity contribution is 7.11. The Labute approximate surface area is 157 Å². The average molecular weight is 365 g/mol. The third-order valence-electron chi connectivity index (χ3n) is 4.52. The zero-order valence-corrected chi connectivity index (χ0v) is 15.6. The molecule has 0 N–H and O–H groups in total. The number of halogens is 1. The topological polar surface area (TPSA) is 12.5 Å². The normalized spacial score (nSPS) is 16.5. The molecule has 0 aliphatic carbocycles. The number of thiophene rings is 1. The van der Waals surface area contributed by atoms with Crippen molar-refractivity contribution in [1.29, 1.82) is 0 Å². The van der Waals surface area contributed by atoms with Gasteiger partial charge in [0.1, 0.15) is 17.3 Å². The van der Waals surface area contributed by atoms with Crippen molar-refractivity contribution >= 4 is 17.1 Å². The van der Waals surface area contributed by atoms with Gasteiger partial charge in [-0.05, 0) is 54.9 Å². The molecular weight excluding hydrogens is 345 g/mol. The SMILES string of the molecule is CN(C)CC1=C(c2cccs2)Oc2ccccc2[C@@H]1c1ccc(F)cc1. The van der Waals surface area contributed by atoms with Gasteiger partial charge in [0.2, 0.25) is 0 Å². The average Bonchev–Trinajstić information content (AvgIpc) is 3.16. The molecule has 1 aliphatic rings. The first kappa shape index (κ1) is 17.0. The third kappa shape index (κ3) is 3.18. The van der Waals surface area contributed by atoms with E-state index in [1.165, 1.54) is 17.7 Å². The summed E-state index contributed by atoms with van der Waals surface area (Å²) >= 11 is 1.67. The van der Waals surface area contributed by atoms with Crippen LogP contribution in [0.1, 0.15) is 21.9 Å². The highest BCUT2D eigenvalue weighted by Crippen LogP contribution is 2.46. The molecule has 0 spiro atoms. The lowest BCUT2D eigenvalue weighted by Crippen LogP contribution is -2.25. The van der Waals surface area contributed by atoms with Crippen molar-refractivity contribution in [1.82, 2.24) is 4.90 Å². The number of rotatable bonds is 4. The second-order valence-corrected chi connectivity index (χ2v) is 7.64. The fraction of sp³-hybridized carbons (Fsp3) is 0.182. The Morgan fingerprint density at radius 2 is 1.77 bits per heavy atom. The molecule has 4 heteroatoms. The molecular formula is C22H20FNOS. The number of hydrogen-bond donors (Lipinski definition) is 0. The van der Waals surface area contributed by atoms with E-state index in [1.54, 1.807) is 11.3 Å². The maximum absolute atomic E-state index is 13.5. The minimum Gasteiger partial charge on any atom is -0.456 e. The van der Waals surface area contributed by atoms with E-state index in [0.29, 0.717) is 0 Å². The zero-order valence-electron chi connectivity index (χ0n) is 14.8. The molecule has 0 fully saturated rings. The van der Waals surface area contributed by atoms with Crippen molar-refractivity contribution in [3.63, 3.8) is 0 Å². The summed E-state index contributed by atoms with van der Waals surface area (Å²) in [6.07, 6.45) is 0.